The van der Waals surface area contributed by atoms with Gasteiger partial charge in [-0.25, -0.2) is 0 Å². The van der Waals surface area contributed by atoms with Gasteiger partial charge in [0.15, 0.2) is 0 Å². The Morgan fingerprint density at radius 1 is 1.10 bits per heavy atom. The second-order valence-electron chi connectivity index (χ2n) is 5.46. The van der Waals surface area contributed by atoms with E-state index in [-0.39, 0.29) is 0 Å². The van der Waals surface area contributed by atoms with E-state index in [1.807, 2.05) is 13.8 Å². The van der Waals surface area contributed by atoms with Crippen LogP contribution in [0.1, 0.15) is 47.0 Å². The zero-order chi connectivity index (χ0) is 15.3. The largest absolute Gasteiger partial charge is 0.253 e. The Bertz CT molecular complexity index is 499. The molecule has 1 aliphatic carbocycles. The summed E-state index contributed by atoms with van der Waals surface area (Å²) in [4.78, 5) is 4.60. The van der Waals surface area contributed by atoms with Gasteiger partial charge in [0.25, 0.3) is 0 Å². The molecule has 0 spiro atoms. The molecule has 20 heavy (non-hydrogen) atoms. The van der Waals surface area contributed by atoms with Crippen LogP contribution in [0, 0.1) is 5.92 Å². The number of nitrogens with zero attached hydrogens (tertiary/aromatic N) is 1. The van der Waals surface area contributed by atoms with Crippen LogP contribution >= 0.6 is 23.2 Å². The summed E-state index contributed by atoms with van der Waals surface area (Å²) >= 11 is 12.0. The van der Waals surface area contributed by atoms with Gasteiger partial charge < -0.3 is 0 Å². The van der Waals surface area contributed by atoms with Gasteiger partial charge in [-0.05, 0) is 64.2 Å². The predicted molar refractivity (Wildman–Crippen MR) is 91.5 cm³/mol. The van der Waals surface area contributed by atoms with Gasteiger partial charge in [0, 0.05) is 10.7 Å². The first-order valence-corrected chi connectivity index (χ1v) is 7.69. The minimum absolute atomic E-state index is 0.501. The van der Waals surface area contributed by atoms with Crippen LogP contribution in [-0.4, -0.2) is 5.71 Å². The fourth-order valence-corrected chi connectivity index (χ4v) is 2.16. The molecular weight excluding hydrogens is 289 g/mol. The molecule has 0 radical (unpaired) electrons. The van der Waals surface area contributed by atoms with Crippen molar-refractivity contribution in [3.8, 4) is 0 Å². The molecule has 0 amide bonds. The van der Waals surface area contributed by atoms with E-state index in [0.717, 1.165) is 22.9 Å². The van der Waals surface area contributed by atoms with Crippen LogP contribution < -0.4 is 0 Å². The highest BCUT2D eigenvalue weighted by Gasteiger charge is 2.18. The summed E-state index contributed by atoms with van der Waals surface area (Å²) in [6.07, 6.45) is 7.88. The Hall–Kier alpha value is -0.790. The summed E-state index contributed by atoms with van der Waals surface area (Å²) in [5.41, 5.74) is 4.02. The number of hydrogen-bond donors (Lipinski definition) is 0. The standard InChI is InChI=1S/C17H23Cl2N/c1-11(2)17(10-16(19)14(5)18)20-13(4)9-12(3)15-7-6-8-15/h9-10,15H,1,6-8H2,2-5H3/b12-9-,16-14-,17-10+,20-13+. The van der Waals surface area contributed by atoms with E-state index in [4.69, 9.17) is 23.2 Å². The molecule has 0 atom stereocenters. The van der Waals surface area contributed by atoms with E-state index < -0.39 is 0 Å². The lowest BCUT2D eigenvalue weighted by Crippen LogP contribution is -2.12. The molecule has 0 N–H and O–H groups in total. The van der Waals surface area contributed by atoms with Crippen molar-refractivity contribution in [1.29, 1.82) is 0 Å². The molecule has 0 unspecified atom stereocenters. The first-order chi connectivity index (χ1) is 9.31. The molecule has 0 bridgehead atoms. The van der Waals surface area contributed by atoms with E-state index >= 15 is 0 Å². The number of halogens is 2. The first-order valence-electron chi connectivity index (χ1n) is 6.94. The zero-order valence-corrected chi connectivity index (χ0v) is 14.3. The SMILES string of the molecule is C=C(C)C(=C\C(Cl)=C(/C)Cl)/N=C(C)/C=C(/C)C1CCC1. The molecule has 0 aliphatic heterocycles. The molecule has 1 aliphatic rings. The number of hydrogen-bond acceptors (Lipinski definition) is 1. The van der Waals surface area contributed by atoms with Crippen molar-refractivity contribution in [2.45, 2.75) is 47.0 Å². The molecule has 0 heterocycles. The lowest BCUT2D eigenvalue weighted by Gasteiger charge is -2.26. The molecule has 0 aromatic rings. The molecule has 1 nitrogen and oxygen atoms in total. The van der Waals surface area contributed by atoms with Crippen LogP contribution in [0.2, 0.25) is 0 Å². The average Bonchev–Trinajstić information content (AvgIpc) is 2.24. The minimum Gasteiger partial charge on any atom is -0.253 e. The predicted octanol–water partition coefficient (Wildman–Crippen LogP) is 6.36. The monoisotopic (exact) mass is 311 g/mol. The molecule has 0 aromatic heterocycles. The van der Waals surface area contributed by atoms with E-state index in [2.05, 4.69) is 24.6 Å². The van der Waals surface area contributed by atoms with Gasteiger partial charge in [-0.3, -0.25) is 4.99 Å². The third-order valence-electron chi connectivity index (χ3n) is 3.51. The highest BCUT2D eigenvalue weighted by atomic mass is 35.5. The molecule has 0 saturated heterocycles. The third-order valence-corrected chi connectivity index (χ3v) is 4.21. The Labute approximate surface area is 132 Å². The van der Waals surface area contributed by atoms with Crippen LogP contribution in [0.3, 0.4) is 0 Å². The normalized spacial score (nSPS) is 19.6. The van der Waals surface area contributed by atoms with Crippen molar-refractivity contribution in [1.82, 2.24) is 0 Å². The summed E-state index contributed by atoms with van der Waals surface area (Å²) < 4.78 is 0. The molecule has 1 fully saturated rings. The zero-order valence-electron chi connectivity index (χ0n) is 12.8. The van der Waals surface area contributed by atoms with Crippen LogP contribution in [-0.2, 0) is 0 Å². The van der Waals surface area contributed by atoms with Crippen molar-refractivity contribution in [3.63, 3.8) is 0 Å². The van der Waals surface area contributed by atoms with Gasteiger partial charge in [0.05, 0.1) is 10.7 Å². The highest BCUT2D eigenvalue weighted by molar-refractivity contribution is 6.40. The summed E-state index contributed by atoms with van der Waals surface area (Å²) in [7, 11) is 0. The number of aliphatic imine (C=N–C) groups is 1. The van der Waals surface area contributed by atoms with Crippen molar-refractivity contribution in [2.75, 3.05) is 0 Å². The Balaban J connectivity index is 2.96. The summed E-state index contributed by atoms with van der Waals surface area (Å²) in [6.45, 7) is 11.8. The van der Waals surface area contributed by atoms with Gasteiger partial charge in [0.1, 0.15) is 0 Å². The van der Waals surface area contributed by atoms with Gasteiger partial charge in [-0.2, -0.15) is 0 Å². The van der Waals surface area contributed by atoms with E-state index in [1.54, 1.807) is 13.0 Å². The fraction of sp³-hybridized carbons (Fsp3) is 0.471. The van der Waals surface area contributed by atoms with Crippen molar-refractivity contribution >= 4 is 28.9 Å². The van der Waals surface area contributed by atoms with E-state index in [0.29, 0.717) is 10.1 Å². The van der Waals surface area contributed by atoms with Gasteiger partial charge in [-0.15, -0.1) is 0 Å². The maximum atomic E-state index is 6.07. The summed E-state index contributed by atoms with van der Waals surface area (Å²) in [6, 6.07) is 0. The lowest BCUT2D eigenvalue weighted by atomic mass is 9.80. The topological polar surface area (TPSA) is 12.4 Å². The molecule has 110 valence electrons. The summed E-state index contributed by atoms with van der Waals surface area (Å²) in [5.74, 6) is 0.742. The van der Waals surface area contributed by atoms with Crippen LogP contribution in [0.5, 0.6) is 0 Å². The molecule has 1 rings (SSSR count). The maximum Gasteiger partial charge on any atom is 0.0671 e. The summed E-state index contributed by atoms with van der Waals surface area (Å²) in [5, 5.41) is 1.06. The molecule has 1 saturated carbocycles. The number of allylic oxidation sites excluding steroid dienone is 6. The second-order valence-corrected chi connectivity index (χ2v) is 6.43. The minimum atomic E-state index is 0.501. The number of rotatable bonds is 5. The Kier molecular flexibility index (Phi) is 6.78. The quantitative estimate of drug-likeness (QED) is 0.413. The van der Waals surface area contributed by atoms with Crippen molar-refractivity contribution in [3.05, 3.63) is 45.6 Å². The van der Waals surface area contributed by atoms with Crippen LogP contribution in [0.4, 0.5) is 0 Å². The Morgan fingerprint density at radius 2 is 1.70 bits per heavy atom. The van der Waals surface area contributed by atoms with Crippen molar-refractivity contribution < 1.29 is 0 Å². The van der Waals surface area contributed by atoms with Crippen LogP contribution in [0.15, 0.2) is 50.6 Å². The Morgan fingerprint density at radius 3 is 2.10 bits per heavy atom. The van der Waals surface area contributed by atoms with Gasteiger partial charge in [-0.1, -0.05) is 41.8 Å². The smallest absolute Gasteiger partial charge is 0.0671 e. The van der Waals surface area contributed by atoms with Crippen LogP contribution in [0.25, 0.3) is 0 Å². The fourth-order valence-electron chi connectivity index (χ4n) is 2.00. The van der Waals surface area contributed by atoms with Gasteiger partial charge >= 0.3 is 0 Å². The maximum absolute atomic E-state index is 6.07. The second kappa shape index (κ2) is 7.85. The van der Waals surface area contributed by atoms with E-state index in [1.165, 1.54) is 24.8 Å². The molecule has 3 heteroatoms. The van der Waals surface area contributed by atoms with Gasteiger partial charge in [0.2, 0.25) is 0 Å². The lowest BCUT2D eigenvalue weighted by molar-refractivity contribution is 0.368. The van der Waals surface area contributed by atoms with E-state index in [9.17, 15) is 0 Å². The molecule has 0 aromatic carbocycles. The van der Waals surface area contributed by atoms with Crippen molar-refractivity contribution in [2.24, 2.45) is 10.9 Å². The third kappa shape index (κ3) is 5.30. The first kappa shape index (κ1) is 17.3. The highest BCUT2D eigenvalue weighted by Crippen LogP contribution is 2.32. The average molecular weight is 312 g/mol. The molecular formula is C17H23Cl2N.